The van der Waals surface area contributed by atoms with Crippen LogP contribution >= 0.6 is 0 Å². The molecular formula is C11H24N2O. The van der Waals surface area contributed by atoms with Crippen LogP contribution in [0.1, 0.15) is 39.0 Å². The summed E-state index contributed by atoms with van der Waals surface area (Å²) in [6.45, 7) is 5.46. The average molecular weight is 200 g/mol. The second kappa shape index (κ2) is 5.69. The molecule has 0 saturated carbocycles. The SMILES string of the molecule is CC(N)(CO)CCN1CCCCCC1. The molecule has 3 N–H and O–H groups in total. The number of aliphatic hydroxyl groups excluding tert-OH is 1. The lowest BCUT2D eigenvalue weighted by atomic mass is 10.0. The zero-order valence-corrected chi connectivity index (χ0v) is 9.34. The van der Waals surface area contributed by atoms with Crippen LogP contribution in [-0.4, -0.2) is 41.8 Å². The highest BCUT2D eigenvalue weighted by molar-refractivity contribution is 4.79. The molecule has 3 nitrogen and oxygen atoms in total. The lowest BCUT2D eigenvalue weighted by Crippen LogP contribution is -2.43. The Hall–Kier alpha value is -0.120. The molecule has 1 rings (SSSR count). The third kappa shape index (κ3) is 4.40. The average Bonchev–Trinajstić information content (AvgIpc) is 2.43. The number of rotatable bonds is 4. The number of likely N-dealkylation sites (tertiary alicyclic amines) is 1. The predicted molar refractivity (Wildman–Crippen MR) is 59.2 cm³/mol. The quantitative estimate of drug-likeness (QED) is 0.711. The molecule has 1 saturated heterocycles. The maximum absolute atomic E-state index is 9.04. The van der Waals surface area contributed by atoms with Crippen molar-refractivity contribution in [2.45, 2.75) is 44.6 Å². The Labute approximate surface area is 87.3 Å². The van der Waals surface area contributed by atoms with Gasteiger partial charge in [0.2, 0.25) is 0 Å². The van der Waals surface area contributed by atoms with Crippen molar-refractivity contribution in [1.82, 2.24) is 4.90 Å². The van der Waals surface area contributed by atoms with Gasteiger partial charge in [-0.1, -0.05) is 12.8 Å². The van der Waals surface area contributed by atoms with E-state index in [9.17, 15) is 0 Å². The Morgan fingerprint density at radius 1 is 1.21 bits per heavy atom. The van der Waals surface area contributed by atoms with Crippen LogP contribution in [0.3, 0.4) is 0 Å². The second-order valence-corrected chi connectivity index (χ2v) is 4.82. The Morgan fingerprint density at radius 3 is 2.29 bits per heavy atom. The normalized spacial score (nSPS) is 24.2. The molecule has 1 fully saturated rings. The zero-order valence-electron chi connectivity index (χ0n) is 9.34. The Bertz CT molecular complexity index is 151. The summed E-state index contributed by atoms with van der Waals surface area (Å²) in [7, 11) is 0. The fourth-order valence-electron chi connectivity index (χ4n) is 1.85. The third-order valence-electron chi connectivity index (χ3n) is 3.06. The summed E-state index contributed by atoms with van der Waals surface area (Å²) >= 11 is 0. The predicted octanol–water partition coefficient (Wildman–Crippen LogP) is 0.962. The van der Waals surface area contributed by atoms with Crippen molar-refractivity contribution in [2.75, 3.05) is 26.2 Å². The Morgan fingerprint density at radius 2 is 1.79 bits per heavy atom. The molecule has 1 heterocycles. The minimum atomic E-state index is -0.397. The summed E-state index contributed by atoms with van der Waals surface area (Å²) in [5.74, 6) is 0. The highest BCUT2D eigenvalue weighted by Crippen LogP contribution is 2.12. The molecule has 0 amide bonds. The number of nitrogens with zero attached hydrogens (tertiary/aromatic N) is 1. The summed E-state index contributed by atoms with van der Waals surface area (Å²) in [4.78, 5) is 2.48. The molecular weight excluding hydrogens is 176 g/mol. The van der Waals surface area contributed by atoms with Crippen molar-refractivity contribution in [3.63, 3.8) is 0 Å². The first kappa shape index (κ1) is 12.0. The Kier molecular flexibility index (Phi) is 4.85. The zero-order chi connectivity index (χ0) is 10.4. The summed E-state index contributed by atoms with van der Waals surface area (Å²) in [6, 6.07) is 0. The number of nitrogens with two attached hydrogens (primary N) is 1. The topological polar surface area (TPSA) is 49.5 Å². The van der Waals surface area contributed by atoms with Gasteiger partial charge in [-0.2, -0.15) is 0 Å². The van der Waals surface area contributed by atoms with Crippen molar-refractivity contribution < 1.29 is 5.11 Å². The monoisotopic (exact) mass is 200 g/mol. The van der Waals surface area contributed by atoms with Crippen LogP contribution in [0.5, 0.6) is 0 Å². The summed E-state index contributed by atoms with van der Waals surface area (Å²) < 4.78 is 0. The van der Waals surface area contributed by atoms with E-state index in [4.69, 9.17) is 10.8 Å². The van der Waals surface area contributed by atoms with Crippen LogP contribution in [0, 0.1) is 0 Å². The molecule has 1 aliphatic heterocycles. The Balaban J connectivity index is 2.22. The fourth-order valence-corrected chi connectivity index (χ4v) is 1.85. The van der Waals surface area contributed by atoms with E-state index in [1.807, 2.05) is 6.92 Å². The molecule has 0 aromatic heterocycles. The highest BCUT2D eigenvalue weighted by atomic mass is 16.3. The second-order valence-electron chi connectivity index (χ2n) is 4.82. The molecule has 14 heavy (non-hydrogen) atoms. The molecule has 1 atom stereocenters. The first-order valence-electron chi connectivity index (χ1n) is 5.76. The van der Waals surface area contributed by atoms with Crippen molar-refractivity contribution in [3.8, 4) is 0 Å². The standard InChI is InChI=1S/C11H24N2O/c1-11(12,10-14)6-9-13-7-4-2-3-5-8-13/h14H,2-10,12H2,1H3. The van der Waals surface area contributed by atoms with Crippen LogP contribution < -0.4 is 5.73 Å². The molecule has 0 aromatic rings. The first-order chi connectivity index (χ1) is 6.64. The lowest BCUT2D eigenvalue weighted by molar-refractivity contribution is 0.176. The maximum atomic E-state index is 9.04. The van der Waals surface area contributed by atoms with Gasteiger partial charge in [0, 0.05) is 5.54 Å². The van der Waals surface area contributed by atoms with Gasteiger partial charge in [0.25, 0.3) is 0 Å². The van der Waals surface area contributed by atoms with E-state index in [-0.39, 0.29) is 6.61 Å². The molecule has 1 aliphatic rings. The van der Waals surface area contributed by atoms with E-state index in [1.54, 1.807) is 0 Å². The molecule has 3 heteroatoms. The van der Waals surface area contributed by atoms with E-state index in [1.165, 1.54) is 38.8 Å². The summed E-state index contributed by atoms with van der Waals surface area (Å²) in [6.07, 6.45) is 6.27. The highest BCUT2D eigenvalue weighted by Gasteiger charge is 2.18. The number of hydrogen-bond acceptors (Lipinski definition) is 3. The van der Waals surface area contributed by atoms with E-state index in [2.05, 4.69) is 4.90 Å². The van der Waals surface area contributed by atoms with Gasteiger partial charge in [0.05, 0.1) is 6.61 Å². The van der Waals surface area contributed by atoms with E-state index >= 15 is 0 Å². The minimum absolute atomic E-state index is 0.0842. The minimum Gasteiger partial charge on any atom is -0.394 e. The van der Waals surface area contributed by atoms with Gasteiger partial charge < -0.3 is 15.7 Å². The van der Waals surface area contributed by atoms with Crippen molar-refractivity contribution >= 4 is 0 Å². The van der Waals surface area contributed by atoms with Gasteiger partial charge in [-0.05, 0) is 45.8 Å². The van der Waals surface area contributed by atoms with E-state index in [0.717, 1.165) is 13.0 Å². The van der Waals surface area contributed by atoms with Crippen molar-refractivity contribution in [1.29, 1.82) is 0 Å². The largest absolute Gasteiger partial charge is 0.394 e. The van der Waals surface area contributed by atoms with Gasteiger partial charge >= 0.3 is 0 Å². The smallest absolute Gasteiger partial charge is 0.0608 e. The maximum Gasteiger partial charge on any atom is 0.0608 e. The molecule has 1 unspecified atom stereocenters. The van der Waals surface area contributed by atoms with E-state index < -0.39 is 5.54 Å². The fraction of sp³-hybridized carbons (Fsp3) is 1.00. The van der Waals surface area contributed by atoms with Gasteiger partial charge in [0.15, 0.2) is 0 Å². The van der Waals surface area contributed by atoms with Crippen LogP contribution in [0.4, 0.5) is 0 Å². The summed E-state index contributed by atoms with van der Waals surface area (Å²) in [5.41, 5.74) is 5.50. The van der Waals surface area contributed by atoms with Crippen LogP contribution in [0.2, 0.25) is 0 Å². The van der Waals surface area contributed by atoms with Crippen LogP contribution in [0.15, 0.2) is 0 Å². The molecule has 0 aromatic carbocycles. The first-order valence-corrected chi connectivity index (χ1v) is 5.76. The van der Waals surface area contributed by atoms with Gasteiger partial charge in [-0.15, -0.1) is 0 Å². The van der Waals surface area contributed by atoms with Crippen LogP contribution in [0.25, 0.3) is 0 Å². The molecule has 0 spiro atoms. The number of hydrogen-bond donors (Lipinski definition) is 2. The third-order valence-corrected chi connectivity index (χ3v) is 3.06. The molecule has 84 valence electrons. The van der Waals surface area contributed by atoms with Gasteiger partial charge in [-0.3, -0.25) is 0 Å². The molecule has 0 aliphatic carbocycles. The van der Waals surface area contributed by atoms with Gasteiger partial charge in [-0.25, -0.2) is 0 Å². The lowest BCUT2D eigenvalue weighted by Gasteiger charge is -2.26. The molecule has 0 bridgehead atoms. The molecule has 0 radical (unpaired) electrons. The van der Waals surface area contributed by atoms with Crippen LogP contribution in [-0.2, 0) is 0 Å². The van der Waals surface area contributed by atoms with E-state index in [0.29, 0.717) is 0 Å². The van der Waals surface area contributed by atoms with Crippen molar-refractivity contribution in [2.24, 2.45) is 5.73 Å². The van der Waals surface area contributed by atoms with Gasteiger partial charge in [0.1, 0.15) is 0 Å². The number of aliphatic hydroxyl groups is 1. The van der Waals surface area contributed by atoms with Crippen molar-refractivity contribution in [3.05, 3.63) is 0 Å². The summed E-state index contributed by atoms with van der Waals surface area (Å²) in [5, 5.41) is 9.04.